The molecule has 0 aromatic carbocycles. The van der Waals surface area contributed by atoms with Crippen molar-refractivity contribution >= 4 is 23.4 Å². The second-order valence-electron chi connectivity index (χ2n) is 10.8. The first kappa shape index (κ1) is 21.9. The SMILES string of the molecule is CN(C)C(=O)CC(C(=O)O)c1cn2c(C(=O)NCC34CC5CC(CC(C5)C3)C4)cccc2n1. The molecular weight excluding hydrogens is 420 g/mol. The van der Waals surface area contributed by atoms with Crippen molar-refractivity contribution in [1.29, 1.82) is 0 Å². The molecule has 4 bridgehead atoms. The number of fused-ring (bicyclic) bond motifs is 1. The normalized spacial score (nSPS) is 28.6. The maximum Gasteiger partial charge on any atom is 0.313 e. The van der Waals surface area contributed by atoms with Crippen molar-refractivity contribution < 1.29 is 19.5 Å². The van der Waals surface area contributed by atoms with Gasteiger partial charge in [-0.25, -0.2) is 4.98 Å². The van der Waals surface area contributed by atoms with Crippen LogP contribution in [0.3, 0.4) is 0 Å². The van der Waals surface area contributed by atoms with E-state index >= 15 is 0 Å². The van der Waals surface area contributed by atoms with Crippen molar-refractivity contribution in [2.75, 3.05) is 20.6 Å². The van der Waals surface area contributed by atoms with E-state index in [4.69, 9.17) is 0 Å². The summed E-state index contributed by atoms with van der Waals surface area (Å²) in [5.41, 5.74) is 1.44. The lowest BCUT2D eigenvalue weighted by atomic mass is 9.49. The Labute approximate surface area is 193 Å². The van der Waals surface area contributed by atoms with Crippen molar-refractivity contribution in [3.8, 4) is 0 Å². The van der Waals surface area contributed by atoms with Crippen molar-refractivity contribution in [2.45, 2.75) is 50.9 Å². The fourth-order valence-electron chi connectivity index (χ4n) is 6.92. The highest BCUT2D eigenvalue weighted by Gasteiger charge is 2.50. The number of nitrogens with zero attached hydrogens (tertiary/aromatic N) is 3. The molecule has 0 saturated heterocycles. The zero-order valence-corrected chi connectivity index (χ0v) is 19.3. The fourth-order valence-corrected chi connectivity index (χ4v) is 6.92. The number of carbonyl (C=O) groups excluding carboxylic acids is 2. The van der Waals surface area contributed by atoms with E-state index in [9.17, 15) is 19.5 Å². The topological polar surface area (TPSA) is 104 Å². The predicted molar refractivity (Wildman–Crippen MR) is 122 cm³/mol. The first-order valence-corrected chi connectivity index (χ1v) is 11.9. The molecule has 4 aliphatic rings. The number of carboxylic acid groups (broad SMARTS) is 1. The number of carbonyl (C=O) groups is 3. The molecule has 0 aliphatic heterocycles. The van der Waals surface area contributed by atoms with E-state index in [2.05, 4.69) is 10.3 Å². The summed E-state index contributed by atoms with van der Waals surface area (Å²) >= 11 is 0. The second-order valence-corrected chi connectivity index (χ2v) is 10.8. The number of hydrogen-bond acceptors (Lipinski definition) is 4. The van der Waals surface area contributed by atoms with Crippen molar-refractivity contribution in [1.82, 2.24) is 19.6 Å². The van der Waals surface area contributed by atoms with Gasteiger partial charge in [-0.3, -0.25) is 18.8 Å². The minimum Gasteiger partial charge on any atom is -0.481 e. The van der Waals surface area contributed by atoms with Crippen LogP contribution < -0.4 is 5.32 Å². The first-order valence-electron chi connectivity index (χ1n) is 11.9. The van der Waals surface area contributed by atoms with Gasteiger partial charge < -0.3 is 15.3 Å². The van der Waals surface area contributed by atoms with Crippen LogP contribution in [0.2, 0.25) is 0 Å². The Balaban J connectivity index is 1.35. The van der Waals surface area contributed by atoms with Gasteiger partial charge in [0, 0.05) is 33.3 Å². The minimum atomic E-state index is -1.11. The summed E-state index contributed by atoms with van der Waals surface area (Å²) in [4.78, 5) is 43.0. The zero-order chi connectivity index (χ0) is 23.3. The highest BCUT2D eigenvalue weighted by atomic mass is 16.4. The summed E-state index contributed by atoms with van der Waals surface area (Å²) < 4.78 is 1.64. The number of aliphatic carboxylic acids is 1. The zero-order valence-electron chi connectivity index (χ0n) is 19.3. The molecule has 1 atom stereocenters. The van der Waals surface area contributed by atoms with Gasteiger partial charge in [-0.2, -0.15) is 0 Å². The Morgan fingerprint density at radius 3 is 2.36 bits per heavy atom. The Bertz CT molecular complexity index is 1070. The molecule has 176 valence electrons. The summed E-state index contributed by atoms with van der Waals surface area (Å²) in [7, 11) is 3.19. The van der Waals surface area contributed by atoms with Gasteiger partial charge in [0.1, 0.15) is 17.3 Å². The Morgan fingerprint density at radius 2 is 1.79 bits per heavy atom. The number of nitrogens with one attached hydrogen (secondary N) is 1. The van der Waals surface area contributed by atoms with Gasteiger partial charge in [-0.05, 0) is 73.8 Å². The van der Waals surface area contributed by atoms with Crippen molar-refractivity contribution in [3.63, 3.8) is 0 Å². The molecule has 4 saturated carbocycles. The van der Waals surface area contributed by atoms with Gasteiger partial charge in [-0.15, -0.1) is 0 Å². The van der Waals surface area contributed by atoms with E-state index < -0.39 is 11.9 Å². The fraction of sp³-hybridized carbons (Fsp3) is 0.600. The van der Waals surface area contributed by atoms with Crippen LogP contribution in [-0.2, 0) is 9.59 Å². The maximum absolute atomic E-state index is 13.2. The van der Waals surface area contributed by atoms with E-state index in [1.807, 2.05) is 0 Å². The van der Waals surface area contributed by atoms with Crippen LogP contribution in [0.5, 0.6) is 0 Å². The molecule has 6 rings (SSSR count). The molecule has 2 aromatic rings. The molecule has 0 radical (unpaired) electrons. The highest BCUT2D eigenvalue weighted by Crippen LogP contribution is 2.59. The predicted octanol–water partition coefficient (Wildman–Crippen LogP) is 2.93. The van der Waals surface area contributed by atoms with Crippen LogP contribution in [-0.4, -0.2) is 57.8 Å². The number of amides is 2. The van der Waals surface area contributed by atoms with Crippen LogP contribution >= 0.6 is 0 Å². The summed E-state index contributed by atoms with van der Waals surface area (Å²) in [5, 5.41) is 12.9. The number of pyridine rings is 1. The molecule has 8 heteroatoms. The van der Waals surface area contributed by atoms with Crippen LogP contribution in [0.4, 0.5) is 0 Å². The largest absolute Gasteiger partial charge is 0.481 e. The van der Waals surface area contributed by atoms with Crippen molar-refractivity contribution in [3.05, 3.63) is 35.8 Å². The average Bonchev–Trinajstić information content (AvgIpc) is 3.18. The summed E-state index contributed by atoms with van der Waals surface area (Å²) in [6, 6.07) is 5.23. The van der Waals surface area contributed by atoms with Crippen LogP contribution in [0.1, 0.15) is 67.0 Å². The Hall–Kier alpha value is -2.90. The lowest BCUT2D eigenvalue weighted by Gasteiger charge is -2.56. The second kappa shape index (κ2) is 8.15. The number of rotatable bonds is 7. The van der Waals surface area contributed by atoms with E-state index in [0.29, 0.717) is 17.9 Å². The molecule has 4 fully saturated rings. The standard InChI is InChI=1S/C25H32N4O4/c1-28(2)22(30)9-18(24(32)33)19-13-29-20(4-3-5-21(29)27-19)23(31)26-14-25-10-15-6-16(11-25)8-17(7-15)12-25/h3-5,13,15-18H,6-12,14H2,1-2H3,(H,26,31)(H,32,33). The molecule has 33 heavy (non-hydrogen) atoms. The third-order valence-corrected chi connectivity index (χ3v) is 8.07. The number of carboxylic acids is 1. The lowest BCUT2D eigenvalue weighted by Crippen LogP contribution is -2.51. The molecular formula is C25H32N4O4. The van der Waals surface area contributed by atoms with Gasteiger partial charge in [0.25, 0.3) is 5.91 Å². The molecule has 0 spiro atoms. The summed E-state index contributed by atoms with van der Waals surface area (Å²) in [5.74, 6) is -0.157. The minimum absolute atomic E-state index is 0.170. The van der Waals surface area contributed by atoms with Gasteiger partial charge >= 0.3 is 5.97 Å². The smallest absolute Gasteiger partial charge is 0.313 e. The summed E-state index contributed by atoms with van der Waals surface area (Å²) in [6.07, 6.45) is 9.16. The quantitative estimate of drug-likeness (QED) is 0.672. The Kier molecular flexibility index (Phi) is 5.41. The first-order chi connectivity index (χ1) is 15.7. The molecule has 2 heterocycles. The van der Waals surface area contributed by atoms with E-state index in [1.54, 1.807) is 42.9 Å². The van der Waals surface area contributed by atoms with E-state index in [1.165, 1.54) is 43.4 Å². The lowest BCUT2D eigenvalue weighted by molar-refractivity contribution is -0.142. The summed E-state index contributed by atoms with van der Waals surface area (Å²) in [6.45, 7) is 0.697. The Morgan fingerprint density at radius 1 is 1.15 bits per heavy atom. The highest BCUT2D eigenvalue weighted by molar-refractivity contribution is 5.93. The molecule has 2 amide bonds. The molecule has 1 unspecified atom stereocenters. The molecule has 4 aliphatic carbocycles. The number of imidazole rings is 1. The maximum atomic E-state index is 13.2. The number of aromatic nitrogens is 2. The van der Waals surface area contributed by atoms with Crippen molar-refractivity contribution in [2.24, 2.45) is 23.2 Å². The number of hydrogen-bond donors (Lipinski definition) is 2. The van der Waals surface area contributed by atoms with Gasteiger partial charge in [0.2, 0.25) is 5.91 Å². The van der Waals surface area contributed by atoms with Gasteiger partial charge in [0.05, 0.1) is 5.69 Å². The third kappa shape index (κ3) is 4.11. The monoisotopic (exact) mass is 452 g/mol. The van der Waals surface area contributed by atoms with E-state index in [0.717, 1.165) is 17.8 Å². The van der Waals surface area contributed by atoms with E-state index in [-0.39, 0.29) is 29.3 Å². The van der Waals surface area contributed by atoms with Crippen LogP contribution in [0.25, 0.3) is 5.65 Å². The van der Waals surface area contributed by atoms with Gasteiger partial charge in [0.15, 0.2) is 0 Å². The van der Waals surface area contributed by atoms with Gasteiger partial charge in [-0.1, -0.05) is 6.07 Å². The molecule has 8 nitrogen and oxygen atoms in total. The third-order valence-electron chi connectivity index (χ3n) is 8.07. The van der Waals surface area contributed by atoms with Crippen LogP contribution in [0.15, 0.2) is 24.4 Å². The molecule has 2 N–H and O–H groups in total. The average molecular weight is 453 g/mol. The molecule has 2 aromatic heterocycles. The van der Waals surface area contributed by atoms with Crippen LogP contribution in [0, 0.1) is 23.2 Å².